The Morgan fingerprint density at radius 3 is 2.62 bits per heavy atom. The molecule has 2 N–H and O–H groups in total. The van der Waals surface area contributed by atoms with Crippen LogP contribution < -0.4 is 5.46 Å². The lowest BCUT2D eigenvalue weighted by molar-refractivity contribution is 0.425. The van der Waals surface area contributed by atoms with Crippen LogP contribution in [0, 0.1) is 0 Å². The van der Waals surface area contributed by atoms with Crippen molar-refractivity contribution in [1.82, 2.24) is 0 Å². The monoisotopic (exact) mass is 252 g/mol. The molecule has 0 unspecified atom stereocenters. The number of hydrogen-bond donors (Lipinski definition) is 2. The Kier molecular flexibility index (Phi) is 3.45. The van der Waals surface area contributed by atoms with E-state index in [1.165, 1.54) is 11.8 Å². The summed E-state index contributed by atoms with van der Waals surface area (Å²) in [7, 11) is -1.47. The Hall–Kier alpha value is -0.675. The molecule has 0 aliphatic carbocycles. The number of benzene rings is 2. The van der Waals surface area contributed by atoms with Crippen molar-refractivity contribution in [3.63, 3.8) is 0 Å². The molecule has 0 spiro atoms. The summed E-state index contributed by atoms with van der Waals surface area (Å²) in [6, 6.07) is 9.27. The summed E-state index contributed by atoms with van der Waals surface area (Å²) in [6.07, 6.45) is 1.90. The number of halogens is 1. The van der Waals surface area contributed by atoms with Gasteiger partial charge in [0, 0.05) is 15.3 Å². The molecule has 16 heavy (non-hydrogen) atoms. The molecule has 0 atom stereocenters. The maximum absolute atomic E-state index is 9.29. The fourth-order valence-electron chi connectivity index (χ4n) is 1.66. The molecule has 2 rings (SSSR count). The summed E-state index contributed by atoms with van der Waals surface area (Å²) in [6.45, 7) is 0. The van der Waals surface area contributed by atoms with Crippen LogP contribution in [0.15, 0.2) is 35.2 Å². The second-order valence-electron chi connectivity index (χ2n) is 3.43. The number of rotatable bonds is 2. The van der Waals surface area contributed by atoms with Gasteiger partial charge >= 0.3 is 7.12 Å². The average Bonchev–Trinajstić information content (AvgIpc) is 2.27. The van der Waals surface area contributed by atoms with E-state index in [1.54, 1.807) is 12.1 Å². The molecule has 0 fully saturated rings. The van der Waals surface area contributed by atoms with Crippen LogP contribution in [0.5, 0.6) is 0 Å². The first-order valence-electron chi connectivity index (χ1n) is 4.76. The highest BCUT2D eigenvalue weighted by molar-refractivity contribution is 7.98. The minimum absolute atomic E-state index is 0.494. The second kappa shape index (κ2) is 4.68. The fraction of sp³-hybridized carbons (Fsp3) is 0.0909. The topological polar surface area (TPSA) is 40.5 Å². The van der Waals surface area contributed by atoms with Crippen LogP contribution in [0.1, 0.15) is 0 Å². The molecule has 82 valence electrons. The van der Waals surface area contributed by atoms with Gasteiger partial charge in [-0.2, -0.15) is 0 Å². The second-order valence-corrected chi connectivity index (χ2v) is 4.68. The molecule has 0 heterocycles. The van der Waals surface area contributed by atoms with Crippen LogP contribution in [0.25, 0.3) is 10.8 Å². The average molecular weight is 253 g/mol. The van der Waals surface area contributed by atoms with Crippen LogP contribution in [-0.2, 0) is 0 Å². The van der Waals surface area contributed by atoms with Crippen LogP contribution in [0.3, 0.4) is 0 Å². The summed E-state index contributed by atoms with van der Waals surface area (Å²) >= 11 is 7.54. The smallest absolute Gasteiger partial charge is 0.423 e. The summed E-state index contributed by atoms with van der Waals surface area (Å²) in [4.78, 5) is 0.852. The molecule has 0 aliphatic heterocycles. The Morgan fingerprint density at radius 1 is 1.25 bits per heavy atom. The Bertz CT molecular complexity index is 531. The van der Waals surface area contributed by atoms with Gasteiger partial charge in [-0.3, -0.25) is 0 Å². The van der Waals surface area contributed by atoms with Gasteiger partial charge < -0.3 is 10.0 Å². The first-order valence-corrected chi connectivity index (χ1v) is 6.36. The van der Waals surface area contributed by atoms with E-state index < -0.39 is 7.12 Å². The van der Waals surface area contributed by atoms with E-state index in [9.17, 15) is 10.0 Å². The molecule has 0 amide bonds. The predicted molar refractivity (Wildman–Crippen MR) is 70.6 cm³/mol. The first-order chi connectivity index (χ1) is 7.63. The van der Waals surface area contributed by atoms with E-state index in [0.717, 1.165) is 15.7 Å². The van der Waals surface area contributed by atoms with Gasteiger partial charge in [0.15, 0.2) is 0 Å². The maximum atomic E-state index is 9.29. The van der Waals surface area contributed by atoms with Gasteiger partial charge in [-0.1, -0.05) is 29.8 Å². The van der Waals surface area contributed by atoms with E-state index in [4.69, 9.17) is 11.6 Å². The van der Waals surface area contributed by atoms with E-state index in [0.29, 0.717) is 10.5 Å². The van der Waals surface area contributed by atoms with Gasteiger partial charge in [0.05, 0.1) is 0 Å². The highest BCUT2D eigenvalue weighted by Crippen LogP contribution is 2.26. The molecular weight excluding hydrogens is 242 g/mol. The quantitative estimate of drug-likeness (QED) is 0.633. The standard InChI is InChI=1S/C11H10BClO2S/c1-16-11-5-7-3-2-4-10(13)8(7)6-9(11)12(14)15/h2-6,14-15H,1H3. The van der Waals surface area contributed by atoms with Crippen molar-refractivity contribution >= 4 is 46.7 Å². The van der Waals surface area contributed by atoms with Crippen molar-refractivity contribution in [3.05, 3.63) is 35.4 Å². The third-order valence-electron chi connectivity index (χ3n) is 2.46. The van der Waals surface area contributed by atoms with Gasteiger partial charge in [-0.15, -0.1) is 11.8 Å². The van der Waals surface area contributed by atoms with Gasteiger partial charge in [-0.25, -0.2) is 0 Å². The molecule has 0 aliphatic rings. The van der Waals surface area contributed by atoms with E-state index in [-0.39, 0.29) is 0 Å². The maximum Gasteiger partial charge on any atom is 0.489 e. The van der Waals surface area contributed by atoms with Crippen molar-refractivity contribution in [2.75, 3.05) is 6.26 Å². The van der Waals surface area contributed by atoms with E-state index >= 15 is 0 Å². The molecular formula is C11H10BClO2S. The van der Waals surface area contributed by atoms with Gasteiger partial charge in [0.25, 0.3) is 0 Å². The van der Waals surface area contributed by atoms with E-state index in [1.807, 2.05) is 24.5 Å². The third kappa shape index (κ3) is 2.06. The molecule has 2 aromatic rings. The molecule has 2 nitrogen and oxygen atoms in total. The fourth-order valence-corrected chi connectivity index (χ4v) is 2.54. The first kappa shape index (κ1) is 11.8. The minimum atomic E-state index is -1.47. The van der Waals surface area contributed by atoms with Gasteiger partial charge in [0.2, 0.25) is 0 Å². The van der Waals surface area contributed by atoms with Crippen molar-refractivity contribution in [2.45, 2.75) is 4.90 Å². The van der Waals surface area contributed by atoms with Crippen LogP contribution in [0.4, 0.5) is 0 Å². The summed E-state index contributed by atoms with van der Waals surface area (Å²) in [5.74, 6) is 0. The Balaban J connectivity index is 2.76. The highest BCUT2D eigenvalue weighted by Gasteiger charge is 2.17. The molecule has 0 bridgehead atoms. The summed E-state index contributed by atoms with van der Waals surface area (Å²) in [5.41, 5.74) is 0.494. The summed E-state index contributed by atoms with van der Waals surface area (Å²) in [5, 5.41) is 21.0. The molecule has 2 aromatic carbocycles. The van der Waals surface area contributed by atoms with Gasteiger partial charge in [-0.05, 0) is 29.2 Å². The van der Waals surface area contributed by atoms with Crippen LogP contribution in [-0.4, -0.2) is 23.4 Å². The largest absolute Gasteiger partial charge is 0.489 e. The lowest BCUT2D eigenvalue weighted by atomic mass is 9.79. The lowest BCUT2D eigenvalue weighted by Crippen LogP contribution is -2.31. The zero-order valence-corrected chi connectivity index (χ0v) is 10.2. The van der Waals surface area contributed by atoms with E-state index in [2.05, 4.69) is 0 Å². The Morgan fingerprint density at radius 2 is 2.00 bits per heavy atom. The molecule has 0 radical (unpaired) electrons. The number of fused-ring (bicyclic) bond motifs is 1. The number of thioether (sulfide) groups is 1. The van der Waals surface area contributed by atoms with Crippen molar-refractivity contribution < 1.29 is 10.0 Å². The van der Waals surface area contributed by atoms with Crippen molar-refractivity contribution in [1.29, 1.82) is 0 Å². The van der Waals surface area contributed by atoms with Crippen LogP contribution >= 0.6 is 23.4 Å². The Labute approximate surface area is 103 Å². The normalized spacial score (nSPS) is 10.8. The van der Waals surface area contributed by atoms with Crippen LogP contribution in [0.2, 0.25) is 5.02 Å². The van der Waals surface area contributed by atoms with Gasteiger partial charge in [0.1, 0.15) is 0 Å². The van der Waals surface area contributed by atoms with Crippen molar-refractivity contribution in [3.8, 4) is 0 Å². The number of hydrogen-bond acceptors (Lipinski definition) is 3. The zero-order chi connectivity index (χ0) is 11.7. The minimum Gasteiger partial charge on any atom is -0.423 e. The highest BCUT2D eigenvalue weighted by atomic mass is 35.5. The SMILES string of the molecule is CSc1cc2cccc(Cl)c2cc1B(O)O. The molecule has 0 saturated carbocycles. The lowest BCUT2D eigenvalue weighted by Gasteiger charge is -2.09. The molecule has 5 heteroatoms. The predicted octanol–water partition coefficient (Wildman–Crippen LogP) is 1.89. The third-order valence-corrected chi connectivity index (χ3v) is 3.58. The summed E-state index contributed by atoms with van der Waals surface area (Å²) < 4.78 is 0. The zero-order valence-electron chi connectivity index (χ0n) is 8.64. The molecule has 0 saturated heterocycles. The van der Waals surface area contributed by atoms with Crippen molar-refractivity contribution in [2.24, 2.45) is 0 Å². The molecule has 0 aromatic heterocycles.